The molecule has 8 nitrogen and oxygen atoms in total. The average Bonchev–Trinajstić information content (AvgIpc) is 2.54. The second kappa shape index (κ2) is 7.44. The fraction of sp³-hybridized carbons (Fsp3) is 0.571. The zero-order valence-electron chi connectivity index (χ0n) is 12.4. The van der Waals surface area contributed by atoms with Crippen molar-refractivity contribution in [2.45, 2.75) is 44.2 Å². The van der Waals surface area contributed by atoms with Crippen molar-refractivity contribution in [1.29, 1.82) is 0 Å². The summed E-state index contributed by atoms with van der Waals surface area (Å²) in [6, 6.07) is 6.25. The van der Waals surface area contributed by atoms with E-state index in [9.17, 15) is 10.2 Å². The molecule has 2 rings (SSSR count). The predicted octanol–water partition coefficient (Wildman–Crippen LogP) is 1.36. The predicted molar refractivity (Wildman–Crippen MR) is 77.1 cm³/mol. The van der Waals surface area contributed by atoms with Crippen LogP contribution in [0.3, 0.4) is 0 Å². The minimum atomic E-state index is -1.24. The van der Waals surface area contributed by atoms with Gasteiger partial charge in [0, 0.05) is 4.91 Å². The molecule has 1 saturated heterocycles. The normalized spacial score (nSPS) is 31.4. The molecule has 0 amide bonds. The summed E-state index contributed by atoms with van der Waals surface area (Å²) in [5, 5.41) is 23.4. The first-order valence-corrected chi connectivity index (χ1v) is 6.87. The Morgan fingerprint density at radius 2 is 1.95 bits per heavy atom. The Morgan fingerprint density at radius 1 is 1.27 bits per heavy atom. The molecule has 1 heterocycles. The molecule has 0 spiro atoms. The van der Waals surface area contributed by atoms with Crippen LogP contribution in [0.2, 0.25) is 0 Å². The van der Waals surface area contributed by atoms with Crippen LogP contribution in [0.4, 0.5) is 0 Å². The molecule has 1 aromatic carbocycles. The molecular weight excluding hydrogens is 290 g/mol. The molecule has 0 aromatic heterocycles. The Balaban J connectivity index is 2.00. The Kier molecular flexibility index (Phi) is 5.59. The van der Waals surface area contributed by atoms with Gasteiger partial charge in [0.1, 0.15) is 11.9 Å². The van der Waals surface area contributed by atoms with Crippen molar-refractivity contribution in [3.05, 3.63) is 40.3 Å². The molecule has 22 heavy (non-hydrogen) atoms. The highest BCUT2D eigenvalue weighted by atomic mass is 16.7. The zero-order chi connectivity index (χ0) is 16.1. The largest absolute Gasteiger partial charge is 0.497 e. The van der Waals surface area contributed by atoms with Gasteiger partial charge in [-0.1, -0.05) is 17.2 Å². The lowest BCUT2D eigenvalue weighted by atomic mass is 9.98. The fourth-order valence-corrected chi connectivity index (χ4v) is 2.25. The Hall–Kier alpha value is -1.83. The Bertz CT molecular complexity index is 532. The number of rotatable bonds is 5. The number of methoxy groups -OCH3 is 1. The minimum absolute atomic E-state index is 0.206. The van der Waals surface area contributed by atoms with Crippen LogP contribution in [-0.2, 0) is 16.1 Å². The number of aliphatic hydroxyl groups is 2. The standard InChI is InChI=1S/C14H19N3O5/c1-8-12(18)11(16-17-15)13(19)14(22-8)21-7-9-3-5-10(20-2)6-4-9/h3-6,8,11-14,18-19H,7H2,1-2H3/t8-,11+,12?,13?,14?/m1/s1. The van der Waals surface area contributed by atoms with Gasteiger partial charge in [-0.25, -0.2) is 0 Å². The fourth-order valence-electron chi connectivity index (χ4n) is 2.25. The van der Waals surface area contributed by atoms with Gasteiger partial charge in [0.05, 0.1) is 32.0 Å². The molecular formula is C14H19N3O5. The summed E-state index contributed by atoms with van der Waals surface area (Å²) in [5.41, 5.74) is 9.40. The lowest BCUT2D eigenvalue weighted by molar-refractivity contribution is -0.270. The Labute approximate surface area is 127 Å². The average molecular weight is 309 g/mol. The number of aliphatic hydroxyl groups excluding tert-OH is 2. The first kappa shape index (κ1) is 16.5. The summed E-state index contributed by atoms with van der Waals surface area (Å²) in [4.78, 5) is 2.65. The first-order valence-electron chi connectivity index (χ1n) is 6.87. The summed E-state index contributed by atoms with van der Waals surface area (Å²) in [6.45, 7) is 1.83. The van der Waals surface area contributed by atoms with E-state index in [-0.39, 0.29) is 6.61 Å². The topological polar surface area (TPSA) is 117 Å². The van der Waals surface area contributed by atoms with E-state index in [1.807, 2.05) is 12.1 Å². The summed E-state index contributed by atoms with van der Waals surface area (Å²) in [5.74, 6) is 0.734. The van der Waals surface area contributed by atoms with Crippen molar-refractivity contribution in [2.75, 3.05) is 7.11 Å². The van der Waals surface area contributed by atoms with Crippen molar-refractivity contribution in [3.8, 4) is 5.75 Å². The quantitative estimate of drug-likeness (QED) is 0.484. The van der Waals surface area contributed by atoms with E-state index in [0.29, 0.717) is 0 Å². The van der Waals surface area contributed by atoms with Crippen LogP contribution in [0.1, 0.15) is 12.5 Å². The van der Waals surface area contributed by atoms with Crippen molar-refractivity contribution in [3.63, 3.8) is 0 Å². The lowest BCUT2D eigenvalue weighted by Crippen LogP contribution is -2.56. The molecule has 1 aromatic rings. The van der Waals surface area contributed by atoms with E-state index in [1.165, 1.54) is 0 Å². The number of azide groups is 1. The molecule has 1 fully saturated rings. The van der Waals surface area contributed by atoms with E-state index in [1.54, 1.807) is 26.2 Å². The van der Waals surface area contributed by atoms with Gasteiger partial charge in [-0.05, 0) is 30.2 Å². The highest BCUT2D eigenvalue weighted by Crippen LogP contribution is 2.25. The summed E-state index contributed by atoms with van der Waals surface area (Å²) in [7, 11) is 1.58. The van der Waals surface area contributed by atoms with Gasteiger partial charge in [-0.15, -0.1) is 0 Å². The smallest absolute Gasteiger partial charge is 0.184 e. The van der Waals surface area contributed by atoms with E-state index in [4.69, 9.17) is 19.7 Å². The van der Waals surface area contributed by atoms with Crippen molar-refractivity contribution in [1.82, 2.24) is 0 Å². The second-order valence-electron chi connectivity index (χ2n) is 5.05. The van der Waals surface area contributed by atoms with Crippen LogP contribution in [0.5, 0.6) is 5.75 Å². The second-order valence-corrected chi connectivity index (χ2v) is 5.05. The van der Waals surface area contributed by atoms with Crippen molar-refractivity contribution < 1.29 is 24.4 Å². The van der Waals surface area contributed by atoms with Crippen LogP contribution in [0.25, 0.3) is 10.4 Å². The third kappa shape index (κ3) is 3.68. The van der Waals surface area contributed by atoms with Gasteiger partial charge in [-0.2, -0.15) is 0 Å². The number of ether oxygens (including phenoxy) is 3. The maximum absolute atomic E-state index is 10.1. The first-order chi connectivity index (χ1) is 10.6. The zero-order valence-corrected chi connectivity index (χ0v) is 12.4. The molecule has 0 radical (unpaired) electrons. The van der Waals surface area contributed by atoms with Crippen molar-refractivity contribution >= 4 is 0 Å². The van der Waals surface area contributed by atoms with Gasteiger partial charge in [0.25, 0.3) is 0 Å². The monoisotopic (exact) mass is 309 g/mol. The SMILES string of the molecule is COc1ccc(COC2O[C@H](C)C(O)[C@H](N=[N+]=[N-])C2O)cc1. The third-order valence-corrected chi connectivity index (χ3v) is 3.57. The molecule has 3 unspecified atom stereocenters. The van der Waals surface area contributed by atoms with Crippen LogP contribution < -0.4 is 4.74 Å². The third-order valence-electron chi connectivity index (χ3n) is 3.57. The molecule has 0 aliphatic carbocycles. The number of benzene rings is 1. The van der Waals surface area contributed by atoms with Gasteiger partial charge in [0.2, 0.25) is 0 Å². The van der Waals surface area contributed by atoms with Crippen LogP contribution in [0.15, 0.2) is 29.4 Å². The van der Waals surface area contributed by atoms with Crippen molar-refractivity contribution in [2.24, 2.45) is 5.11 Å². The number of nitrogens with zero attached hydrogens (tertiary/aromatic N) is 3. The van der Waals surface area contributed by atoms with Crippen LogP contribution in [0, 0.1) is 0 Å². The van der Waals surface area contributed by atoms with Gasteiger partial charge in [-0.3, -0.25) is 0 Å². The maximum atomic E-state index is 10.1. The molecule has 1 aliphatic rings. The van der Waals surface area contributed by atoms with E-state index in [2.05, 4.69) is 10.0 Å². The summed E-state index contributed by atoms with van der Waals surface area (Å²) in [6.07, 6.45) is -3.90. The maximum Gasteiger partial charge on any atom is 0.184 e. The number of hydrogen-bond donors (Lipinski definition) is 2. The van der Waals surface area contributed by atoms with Gasteiger partial charge in [0.15, 0.2) is 6.29 Å². The molecule has 2 N–H and O–H groups in total. The van der Waals surface area contributed by atoms with E-state index in [0.717, 1.165) is 11.3 Å². The van der Waals surface area contributed by atoms with E-state index >= 15 is 0 Å². The molecule has 1 aliphatic heterocycles. The van der Waals surface area contributed by atoms with E-state index < -0.39 is 30.6 Å². The van der Waals surface area contributed by atoms with Crippen LogP contribution >= 0.6 is 0 Å². The van der Waals surface area contributed by atoms with Gasteiger partial charge >= 0.3 is 0 Å². The van der Waals surface area contributed by atoms with Crippen LogP contribution in [-0.4, -0.2) is 48.0 Å². The molecule has 5 atom stereocenters. The summed E-state index contributed by atoms with van der Waals surface area (Å²) >= 11 is 0. The molecule has 0 saturated carbocycles. The molecule has 0 bridgehead atoms. The summed E-state index contributed by atoms with van der Waals surface area (Å²) < 4.78 is 16.0. The molecule has 120 valence electrons. The highest BCUT2D eigenvalue weighted by Gasteiger charge is 2.42. The number of hydrogen-bond acceptors (Lipinski definition) is 6. The highest BCUT2D eigenvalue weighted by molar-refractivity contribution is 5.26. The molecule has 8 heteroatoms. The lowest BCUT2D eigenvalue weighted by Gasteiger charge is -2.39. The minimum Gasteiger partial charge on any atom is -0.497 e. The van der Waals surface area contributed by atoms with Gasteiger partial charge < -0.3 is 24.4 Å². The Morgan fingerprint density at radius 3 is 2.55 bits per heavy atom.